The highest BCUT2D eigenvalue weighted by Gasteiger charge is 2.27. The van der Waals surface area contributed by atoms with E-state index < -0.39 is 0 Å². The van der Waals surface area contributed by atoms with Crippen LogP contribution in [-0.2, 0) is 0 Å². The molecule has 2 heterocycles. The fourth-order valence-electron chi connectivity index (χ4n) is 2.60. The van der Waals surface area contributed by atoms with Crippen molar-refractivity contribution in [1.29, 1.82) is 0 Å². The van der Waals surface area contributed by atoms with Crippen LogP contribution in [0.25, 0.3) is 0 Å². The van der Waals surface area contributed by atoms with Crippen molar-refractivity contribution < 1.29 is 0 Å². The molecule has 1 saturated heterocycles. The van der Waals surface area contributed by atoms with Crippen LogP contribution in [0, 0.1) is 5.92 Å². The fraction of sp³-hybridized carbons (Fsp3) is 0.786. The second-order valence-electron chi connectivity index (χ2n) is 6.13. The molecule has 21 heavy (non-hydrogen) atoms. The van der Waals surface area contributed by atoms with Crippen molar-refractivity contribution in [3.63, 3.8) is 0 Å². The maximum absolute atomic E-state index is 4.57. The lowest BCUT2D eigenvalue weighted by Crippen LogP contribution is -2.47. The van der Waals surface area contributed by atoms with Gasteiger partial charge in [-0.3, -0.25) is 4.90 Å². The molecule has 2 aliphatic rings. The van der Waals surface area contributed by atoms with Crippen molar-refractivity contribution >= 4 is 17.8 Å². The van der Waals surface area contributed by atoms with Gasteiger partial charge in [0.25, 0.3) is 0 Å². The van der Waals surface area contributed by atoms with Crippen LogP contribution in [0.3, 0.4) is 0 Å². The summed E-state index contributed by atoms with van der Waals surface area (Å²) in [6.45, 7) is 5.47. The maximum atomic E-state index is 4.57. The van der Waals surface area contributed by atoms with Gasteiger partial charge in [-0.15, -0.1) is 0 Å². The van der Waals surface area contributed by atoms with Crippen molar-refractivity contribution in [2.24, 2.45) is 5.92 Å². The Morgan fingerprint density at radius 2 is 1.81 bits per heavy atom. The molecule has 1 aromatic rings. The third kappa shape index (κ3) is 3.53. The summed E-state index contributed by atoms with van der Waals surface area (Å²) in [5.41, 5.74) is 0. The van der Waals surface area contributed by atoms with Crippen molar-refractivity contribution in [2.45, 2.75) is 12.8 Å². The number of nitrogens with one attached hydrogen (secondary N) is 1. The minimum Gasteiger partial charge on any atom is -0.357 e. The van der Waals surface area contributed by atoms with E-state index in [-0.39, 0.29) is 0 Å². The van der Waals surface area contributed by atoms with Crippen molar-refractivity contribution in [1.82, 2.24) is 19.9 Å². The van der Waals surface area contributed by atoms with Gasteiger partial charge in [0.15, 0.2) is 0 Å². The summed E-state index contributed by atoms with van der Waals surface area (Å²) >= 11 is 0. The van der Waals surface area contributed by atoms with Gasteiger partial charge in [-0.1, -0.05) is 0 Å². The Morgan fingerprint density at radius 1 is 1.10 bits per heavy atom. The van der Waals surface area contributed by atoms with Crippen LogP contribution in [-0.4, -0.2) is 73.7 Å². The molecule has 3 rings (SSSR count). The Hall–Kier alpha value is -1.63. The van der Waals surface area contributed by atoms with Crippen LogP contribution >= 0.6 is 0 Å². The van der Waals surface area contributed by atoms with Gasteiger partial charge in [-0.25, -0.2) is 0 Å². The zero-order valence-electron chi connectivity index (χ0n) is 13.2. The molecular formula is C14H25N7. The molecule has 2 fully saturated rings. The lowest BCUT2D eigenvalue weighted by atomic mass is 10.3. The summed E-state index contributed by atoms with van der Waals surface area (Å²) < 4.78 is 0. The second-order valence-corrected chi connectivity index (χ2v) is 6.13. The Kier molecular flexibility index (Phi) is 4.10. The Morgan fingerprint density at radius 3 is 2.38 bits per heavy atom. The van der Waals surface area contributed by atoms with Crippen LogP contribution in [0.15, 0.2) is 0 Å². The molecule has 7 heteroatoms. The average molecular weight is 291 g/mol. The monoisotopic (exact) mass is 291 g/mol. The van der Waals surface area contributed by atoms with Crippen LogP contribution in [0.2, 0.25) is 0 Å². The van der Waals surface area contributed by atoms with Gasteiger partial charge in [0.2, 0.25) is 17.8 Å². The molecule has 7 nitrogen and oxygen atoms in total. The summed E-state index contributed by atoms with van der Waals surface area (Å²) in [5, 5.41) is 3.02. The predicted molar refractivity (Wildman–Crippen MR) is 85.1 cm³/mol. The number of anilines is 3. The molecule has 1 aliphatic carbocycles. The van der Waals surface area contributed by atoms with E-state index in [1.165, 1.54) is 19.4 Å². The minimum atomic E-state index is 0.629. The van der Waals surface area contributed by atoms with Crippen molar-refractivity contribution in [2.75, 3.05) is 69.0 Å². The van der Waals surface area contributed by atoms with Crippen LogP contribution in [0.1, 0.15) is 12.8 Å². The van der Waals surface area contributed by atoms with Crippen LogP contribution < -0.4 is 15.1 Å². The third-order valence-corrected chi connectivity index (χ3v) is 4.10. The highest BCUT2D eigenvalue weighted by molar-refractivity contribution is 5.44. The van der Waals surface area contributed by atoms with E-state index in [1.54, 1.807) is 0 Å². The highest BCUT2D eigenvalue weighted by atomic mass is 15.4. The van der Waals surface area contributed by atoms with Gasteiger partial charge in [0, 0.05) is 53.9 Å². The molecule has 0 radical (unpaired) electrons. The van der Waals surface area contributed by atoms with E-state index in [1.807, 2.05) is 26.0 Å². The SMILES string of the molecule is CNc1nc(N(C)C)nc(N2CCN(CC3CC3)CC2)n1. The minimum absolute atomic E-state index is 0.629. The summed E-state index contributed by atoms with van der Waals surface area (Å²) in [7, 11) is 5.74. The Labute approximate surface area is 126 Å². The van der Waals surface area contributed by atoms with Gasteiger partial charge in [-0.05, 0) is 18.8 Å². The molecule has 1 saturated carbocycles. The lowest BCUT2D eigenvalue weighted by Gasteiger charge is -2.35. The van der Waals surface area contributed by atoms with Gasteiger partial charge >= 0.3 is 0 Å². The lowest BCUT2D eigenvalue weighted by molar-refractivity contribution is 0.247. The first-order valence-corrected chi connectivity index (χ1v) is 7.74. The molecule has 0 amide bonds. The first kappa shape index (κ1) is 14.3. The van der Waals surface area contributed by atoms with E-state index in [2.05, 4.69) is 30.1 Å². The fourth-order valence-corrected chi connectivity index (χ4v) is 2.60. The number of piperazine rings is 1. The molecule has 0 aromatic carbocycles. The zero-order valence-corrected chi connectivity index (χ0v) is 13.2. The Bertz CT molecular complexity index is 478. The van der Waals surface area contributed by atoms with E-state index in [4.69, 9.17) is 0 Å². The van der Waals surface area contributed by atoms with Gasteiger partial charge < -0.3 is 15.1 Å². The molecule has 1 aliphatic heterocycles. The smallest absolute Gasteiger partial charge is 0.232 e. The summed E-state index contributed by atoms with van der Waals surface area (Å²) in [4.78, 5) is 20.2. The van der Waals surface area contributed by atoms with E-state index in [0.29, 0.717) is 11.9 Å². The third-order valence-electron chi connectivity index (χ3n) is 4.10. The highest BCUT2D eigenvalue weighted by Crippen LogP contribution is 2.30. The summed E-state index contributed by atoms with van der Waals surface area (Å²) in [6, 6.07) is 0. The van der Waals surface area contributed by atoms with E-state index in [0.717, 1.165) is 38.0 Å². The van der Waals surface area contributed by atoms with E-state index in [9.17, 15) is 0 Å². The number of aromatic nitrogens is 3. The van der Waals surface area contributed by atoms with Crippen LogP contribution in [0.4, 0.5) is 17.8 Å². The molecule has 1 aromatic heterocycles. The maximum Gasteiger partial charge on any atom is 0.232 e. The molecule has 0 bridgehead atoms. The van der Waals surface area contributed by atoms with E-state index >= 15 is 0 Å². The molecular weight excluding hydrogens is 266 g/mol. The zero-order chi connectivity index (χ0) is 14.8. The normalized spacial score (nSPS) is 19.7. The largest absolute Gasteiger partial charge is 0.357 e. The van der Waals surface area contributed by atoms with Gasteiger partial charge in [0.1, 0.15) is 0 Å². The topological polar surface area (TPSA) is 60.4 Å². The molecule has 0 spiro atoms. The standard InChI is InChI=1S/C14H25N7/c1-15-12-16-13(19(2)3)18-14(17-12)21-8-6-20(7-9-21)10-11-4-5-11/h11H,4-10H2,1-3H3,(H,15,16,17,18). The molecule has 116 valence electrons. The predicted octanol–water partition coefficient (Wildman–Crippen LogP) is 0.511. The first-order valence-electron chi connectivity index (χ1n) is 7.74. The van der Waals surface area contributed by atoms with Crippen molar-refractivity contribution in [3.8, 4) is 0 Å². The number of hydrogen-bond acceptors (Lipinski definition) is 7. The van der Waals surface area contributed by atoms with Gasteiger partial charge in [0.05, 0.1) is 0 Å². The molecule has 0 unspecified atom stereocenters. The van der Waals surface area contributed by atoms with Gasteiger partial charge in [-0.2, -0.15) is 15.0 Å². The number of hydrogen-bond donors (Lipinski definition) is 1. The molecule has 1 N–H and O–H groups in total. The summed E-state index contributed by atoms with van der Waals surface area (Å²) in [5.74, 6) is 3.07. The molecule has 0 atom stereocenters. The number of rotatable bonds is 5. The number of nitrogens with zero attached hydrogens (tertiary/aromatic N) is 6. The first-order chi connectivity index (χ1) is 10.2. The second kappa shape index (κ2) is 6.01. The van der Waals surface area contributed by atoms with Crippen molar-refractivity contribution in [3.05, 3.63) is 0 Å². The Balaban J connectivity index is 1.67. The summed E-state index contributed by atoms with van der Waals surface area (Å²) in [6.07, 6.45) is 2.84. The van der Waals surface area contributed by atoms with Crippen LogP contribution in [0.5, 0.6) is 0 Å². The quantitative estimate of drug-likeness (QED) is 0.848. The average Bonchev–Trinajstić information content (AvgIpc) is 3.31.